The third kappa shape index (κ3) is 4.31. The molecule has 0 radical (unpaired) electrons. The number of anilines is 2. The smallest absolute Gasteiger partial charge is 0.255 e. The molecule has 0 unspecified atom stereocenters. The number of piperidine rings is 1. The van der Waals surface area contributed by atoms with Gasteiger partial charge in [-0.05, 0) is 74.7 Å². The van der Waals surface area contributed by atoms with Gasteiger partial charge in [0.1, 0.15) is 17.1 Å². The van der Waals surface area contributed by atoms with Crippen molar-refractivity contribution in [1.82, 2.24) is 4.98 Å². The molecule has 29 heavy (non-hydrogen) atoms. The molecule has 1 aliphatic heterocycles. The second-order valence-corrected chi connectivity index (χ2v) is 7.16. The van der Waals surface area contributed by atoms with Gasteiger partial charge in [0.25, 0.3) is 5.91 Å². The fourth-order valence-corrected chi connectivity index (χ4v) is 3.63. The molecular weight excluding hydrogens is 369 g/mol. The molecule has 1 aliphatic rings. The van der Waals surface area contributed by atoms with Gasteiger partial charge < -0.3 is 15.0 Å². The molecule has 5 nitrogen and oxygen atoms in total. The molecule has 1 aromatic heterocycles. The zero-order chi connectivity index (χ0) is 20.2. The van der Waals surface area contributed by atoms with Gasteiger partial charge in [0.05, 0.1) is 6.61 Å². The van der Waals surface area contributed by atoms with E-state index in [2.05, 4.69) is 15.2 Å². The molecule has 1 N–H and O–H groups in total. The summed E-state index contributed by atoms with van der Waals surface area (Å²) in [6.45, 7) is 4.38. The highest BCUT2D eigenvalue weighted by Gasteiger charge is 2.15. The summed E-state index contributed by atoms with van der Waals surface area (Å²) < 4.78 is 20.1. The summed E-state index contributed by atoms with van der Waals surface area (Å²) in [5.74, 6) is 0.770. The highest BCUT2D eigenvalue weighted by molar-refractivity contribution is 6.05. The maximum Gasteiger partial charge on any atom is 0.255 e. The monoisotopic (exact) mass is 393 g/mol. The summed E-state index contributed by atoms with van der Waals surface area (Å²) >= 11 is 0. The van der Waals surface area contributed by atoms with Gasteiger partial charge in [0, 0.05) is 29.7 Å². The standard InChI is InChI=1S/C23H24FN3O2/c1-2-29-19-9-6-16(7-10-19)23(28)25-18-14-17-8-11-21(26-22(17)20(24)15-18)27-12-4-3-5-13-27/h6-11,14-15H,2-5,12-13H2,1H3,(H,25,28). The van der Waals surface area contributed by atoms with Crippen LogP contribution in [0.25, 0.3) is 10.9 Å². The van der Waals surface area contributed by atoms with E-state index < -0.39 is 5.82 Å². The summed E-state index contributed by atoms with van der Waals surface area (Å²) in [5, 5.41) is 3.42. The Hall–Kier alpha value is -3.15. The third-order valence-corrected chi connectivity index (χ3v) is 5.10. The first-order valence-corrected chi connectivity index (χ1v) is 10.0. The van der Waals surface area contributed by atoms with E-state index >= 15 is 0 Å². The van der Waals surface area contributed by atoms with Crippen LogP contribution < -0.4 is 15.0 Å². The minimum Gasteiger partial charge on any atom is -0.494 e. The lowest BCUT2D eigenvalue weighted by atomic mass is 10.1. The minimum atomic E-state index is -0.441. The molecule has 2 heterocycles. The van der Waals surface area contributed by atoms with Crippen molar-refractivity contribution in [3.05, 3.63) is 59.9 Å². The predicted octanol–water partition coefficient (Wildman–Crippen LogP) is 5.02. The lowest BCUT2D eigenvalue weighted by Gasteiger charge is -2.27. The van der Waals surface area contributed by atoms with Crippen LogP contribution in [-0.4, -0.2) is 30.6 Å². The number of nitrogens with zero attached hydrogens (tertiary/aromatic N) is 2. The fraction of sp³-hybridized carbons (Fsp3) is 0.304. The Morgan fingerprint density at radius 2 is 1.86 bits per heavy atom. The summed E-state index contributed by atoms with van der Waals surface area (Å²) in [6.07, 6.45) is 3.51. The number of nitrogens with one attached hydrogen (secondary N) is 1. The molecule has 2 aromatic carbocycles. The number of rotatable bonds is 5. The maximum atomic E-state index is 14.7. The topological polar surface area (TPSA) is 54.5 Å². The predicted molar refractivity (Wildman–Crippen MR) is 113 cm³/mol. The largest absolute Gasteiger partial charge is 0.494 e. The molecule has 3 aromatic rings. The molecule has 0 spiro atoms. The molecule has 1 amide bonds. The van der Waals surface area contributed by atoms with Crippen molar-refractivity contribution in [2.24, 2.45) is 0 Å². The quantitative estimate of drug-likeness (QED) is 0.662. The number of pyridine rings is 1. The molecule has 150 valence electrons. The summed E-state index contributed by atoms with van der Waals surface area (Å²) in [7, 11) is 0. The number of benzene rings is 2. The van der Waals surface area contributed by atoms with Gasteiger partial charge in [-0.25, -0.2) is 9.37 Å². The van der Waals surface area contributed by atoms with Crippen molar-refractivity contribution >= 4 is 28.3 Å². The van der Waals surface area contributed by atoms with Crippen molar-refractivity contribution in [2.45, 2.75) is 26.2 Å². The number of amides is 1. The van der Waals surface area contributed by atoms with Crippen LogP contribution >= 0.6 is 0 Å². The summed E-state index contributed by atoms with van der Waals surface area (Å²) in [6, 6.07) is 13.7. The lowest BCUT2D eigenvalue weighted by Crippen LogP contribution is -2.30. The van der Waals surface area contributed by atoms with Gasteiger partial charge in [-0.15, -0.1) is 0 Å². The highest BCUT2D eigenvalue weighted by Crippen LogP contribution is 2.26. The van der Waals surface area contributed by atoms with Crippen LogP contribution in [0.1, 0.15) is 36.5 Å². The normalized spacial score (nSPS) is 14.1. The van der Waals surface area contributed by atoms with Crippen LogP contribution in [-0.2, 0) is 0 Å². The average Bonchev–Trinajstić information content (AvgIpc) is 2.75. The van der Waals surface area contributed by atoms with E-state index in [4.69, 9.17) is 4.74 Å². The summed E-state index contributed by atoms with van der Waals surface area (Å²) in [4.78, 5) is 19.2. The Morgan fingerprint density at radius 3 is 2.59 bits per heavy atom. The Morgan fingerprint density at radius 1 is 1.10 bits per heavy atom. The average molecular weight is 393 g/mol. The van der Waals surface area contributed by atoms with Gasteiger partial charge in [-0.2, -0.15) is 0 Å². The number of hydrogen-bond donors (Lipinski definition) is 1. The van der Waals surface area contributed by atoms with E-state index in [0.29, 0.717) is 34.5 Å². The molecule has 0 bridgehead atoms. The zero-order valence-corrected chi connectivity index (χ0v) is 16.5. The first-order chi connectivity index (χ1) is 14.1. The van der Waals surface area contributed by atoms with Gasteiger partial charge in [-0.1, -0.05) is 0 Å². The Balaban J connectivity index is 1.54. The van der Waals surface area contributed by atoms with Crippen LogP contribution in [0.3, 0.4) is 0 Å². The first kappa shape index (κ1) is 19.2. The molecule has 0 saturated carbocycles. The van der Waals surface area contributed by atoms with Crippen molar-refractivity contribution in [1.29, 1.82) is 0 Å². The van der Waals surface area contributed by atoms with E-state index in [1.807, 2.05) is 19.1 Å². The number of carbonyl (C=O) groups is 1. The van der Waals surface area contributed by atoms with E-state index in [1.54, 1.807) is 30.3 Å². The summed E-state index contributed by atoms with van der Waals surface area (Å²) in [5.41, 5.74) is 1.21. The third-order valence-electron chi connectivity index (χ3n) is 5.10. The Labute approximate surface area is 169 Å². The fourth-order valence-electron chi connectivity index (χ4n) is 3.63. The molecule has 6 heteroatoms. The van der Waals surface area contributed by atoms with Crippen LogP contribution in [0.5, 0.6) is 5.75 Å². The van der Waals surface area contributed by atoms with Crippen LogP contribution in [0.2, 0.25) is 0 Å². The highest BCUT2D eigenvalue weighted by atomic mass is 19.1. The Kier molecular flexibility index (Phi) is 5.60. The SMILES string of the molecule is CCOc1ccc(C(=O)Nc2cc(F)c3nc(N4CCCCC4)ccc3c2)cc1. The molecule has 0 aliphatic carbocycles. The first-order valence-electron chi connectivity index (χ1n) is 10.0. The van der Waals surface area contributed by atoms with E-state index in [9.17, 15) is 9.18 Å². The van der Waals surface area contributed by atoms with E-state index in [1.165, 1.54) is 12.5 Å². The van der Waals surface area contributed by atoms with Crippen LogP contribution in [0.15, 0.2) is 48.5 Å². The van der Waals surface area contributed by atoms with E-state index in [0.717, 1.165) is 31.7 Å². The molecule has 1 saturated heterocycles. The second-order valence-electron chi connectivity index (χ2n) is 7.16. The molecule has 4 rings (SSSR count). The van der Waals surface area contributed by atoms with Crippen LogP contribution in [0.4, 0.5) is 15.9 Å². The van der Waals surface area contributed by atoms with Crippen molar-refractivity contribution < 1.29 is 13.9 Å². The molecule has 1 fully saturated rings. The number of hydrogen-bond acceptors (Lipinski definition) is 4. The maximum absolute atomic E-state index is 14.7. The van der Waals surface area contributed by atoms with Gasteiger partial charge >= 0.3 is 0 Å². The number of aromatic nitrogens is 1. The number of fused-ring (bicyclic) bond motifs is 1. The van der Waals surface area contributed by atoms with Crippen molar-refractivity contribution in [3.8, 4) is 5.75 Å². The Bertz CT molecular complexity index is 1010. The molecule has 0 atom stereocenters. The number of halogens is 1. The minimum absolute atomic E-state index is 0.301. The zero-order valence-electron chi connectivity index (χ0n) is 16.5. The van der Waals surface area contributed by atoms with Crippen LogP contribution in [0, 0.1) is 5.82 Å². The van der Waals surface area contributed by atoms with Crippen molar-refractivity contribution in [3.63, 3.8) is 0 Å². The lowest BCUT2D eigenvalue weighted by molar-refractivity contribution is 0.102. The van der Waals surface area contributed by atoms with E-state index in [-0.39, 0.29) is 5.91 Å². The van der Waals surface area contributed by atoms with Gasteiger partial charge in [-0.3, -0.25) is 4.79 Å². The van der Waals surface area contributed by atoms with Gasteiger partial charge in [0.15, 0.2) is 5.82 Å². The second kappa shape index (κ2) is 8.47. The molecular formula is C23H24FN3O2. The van der Waals surface area contributed by atoms with Gasteiger partial charge in [0.2, 0.25) is 0 Å². The number of ether oxygens (including phenoxy) is 1. The number of carbonyl (C=O) groups excluding carboxylic acids is 1. The van der Waals surface area contributed by atoms with Crippen molar-refractivity contribution in [2.75, 3.05) is 29.9 Å².